The second-order valence-corrected chi connectivity index (χ2v) is 20.5. The molecule has 4 aliphatic carbocycles. The Kier molecular flexibility index (Phi) is 20.2. The van der Waals surface area contributed by atoms with E-state index in [-0.39, 0.29) is 0 Å². The van der Waals surface area contributed by atoms with Gasteiger partial charge in [-0.05, 0) is 183 Å². The molecular formula is C58H90O. The number of unbranched alkanes of at least 4 members (excludes halogenated alkanes) is 4. The molecule has 0 amide bonds. The highest BCUT2D eigenvalue weighted by molar-refractivity contribution is 5.69. The second kappa shape index (κ2) is 25.7. The van der Waals surface area contributed by atoms with Crippen molar-refractivity contribution in [2.75, 3.05) is 13.2 Å². The number of rotatable bonds is 22. The van der Waals surface area contributed by atoms with Crippen molar-refractivity contribution in [3.8, 4) is 0 Å². The molecule has 0 radical (unpaired) electrons. The molecule has 4 aliphatic rings. The average Bonchev–Trinajstić information content (AvgIpc) is 3.28. The van der Waals surface area contributed by atoms with E-state index < -0.39 is 0 Å². The van der Waals surface area contributed by atoms with Crippen molar-refractivity contribution in [3.05, 3.63) is 82.9 Å². The SMILES string of the molecule is CCCCCC1CCC(c2ccc(C(=CCOCC=C(c3ccc(C4CCC(CCCCC)CC4)cc3)C3CCC(CCC)CC3)C3CCC(CCC)CC3)cc2)CC1. The van der Waals surface area contributed by atoms with Gasteiger partial charge in [-0.3, -0.25) is 0 Å². The third-order valence-electron chi connectivity index (χ3n) is 16.4. The van der Waals surface area contributed by atoms with Crippen molar-refractivity contribution in [3.63, 3.8) is 0 Å². The van der Waals surface area contributed by atoms with Gasteiger partial charge in [-0.1, -0.05) is 165 Å². The zero-order valence-corrected chi connectivity index (χ0v) is 39.0. The summed E-state index contributed by atoms with van der Waals surface area (Å²) in [6.07, 6.45) is 43.9. The first kappa shape index (κ1) is 46.4. The van der Waals surface area contributed by atoms with Crippen LogP contribution in [0.4, 0.5) is 0 Å². The highest BCUT2D eigenvalue weighted by Gasteiger charge is 2.28. The predicted molar refractivity (Wildman–Crippen MR) is 258 cm³/mol. The largest absolute Gasteiger partial charge is 0.373 e. The lowest BCUT2D eigenvalue weighted by molar-refractivity contribution is 0.193. The molecule has 2 aromatic rings. The molecule has 0 unspecified atom stereocenters. The number of allylic oxidation sites excluding steroid dienone is 2. The van der Waals surface area contributed by atoms with Crippen LogP contribution in [0.25, 0.3) is 11.1 Å². The van der Waals surface area contributed by atoms with Crippen LogP contribution in [-0.2, 0) is 4.74 Å². The maximum Gasteiger partial charge on any atom is 0.0657 e. The molecule has 4 fully saturated rings. The number of ether oxygens (including phenoxy) is 1. The monoisotopic (exact) mass is 803 g/mol. The Bertz CT molecular complexity index is 1350. The van der Waals surface area contributed by atoms with E-state index in [0.29, 0.717) is 25.0 Å². The predicted octanol–water partition coefficient (Wildman–Crippen LogP) is 18.1. The van der Waals surface area contributed by atoms with E-state index >= 15 is 0 Å². The van der Waals surface area contributed by atoms with E-state index in [2.05, 4.69) is 88.4 Å². The minimum Gasteiger partial charge on any atom is -0.373 e. The number of hydrogen-bond acceptors (Lipinski definition) is 1. The summed E-state index contributed by atoms with van der Waals surface area (Å²) in [6.45, 7) is 10.8. The van der Waals surface area contributed by atoms with Crippen molar-refractivity contribution < 1.29 is 4.74 Å². The van der Waals surface area contributed by atoms with Crippen LogP contribution in [0.2, 0.25) is 0 Å². The van der Waals surface area contributed by atoms with Gasteiger partial charge >= 0.3 is 0 Å². The Balaban J connectivity index is 1.10. The first-order chi connectivity index (χ1) is 29.1. The van der Waals surface area contributed by atoms with Crippen molar-refractivity contribution in [1.29, 1.82) is 0 Å². The summed E-state index contributed by atoms with van der Waals surface area (Å²) in [4.78, 5) is 0. The van der Waals surface area contributed by atoms with Gasteiger partial charge in [0, 0.05) is 0 Å². The fourth-order valence-corrected chi connectivity index (χ4v) is 12.6. The van der Waals surface area contributed by atoms with Gasteiger partial charge in [-0.25, -0.2) is 0 Å². The molecule has 0 atom stereocenters. The third kappa shape index (κ3) is 14.5. The van der Waals surface area contributed by atoms with Crippen LogP contribution in [0.5, 0.6) is 0 Å². The lowest BCUT2D eigenvalue weighted by atomic mass is 9.74. The van der Waals surface area contributed by atoms with Gasteiger partial charge in [-0.2, -0.15) is 0 Å². The molecule has 1 nitrogen and oxygen atoms in total. The fraction of sp³-hybridized carbons (Fsp3) is 0.724. The highest BCUT2D eigenvalue weighted by Crippen LogP contribution is 2.43. The quantitative estimate of drug-likeness (QED) is 0.108. The molecule has 0 bridgehead atoms. The summed E-state index contributed by atoms with van der Waals surface area (Å²) < 4.78 is 6.61. The summed E-state index contributed by atoms with van der Waals surface area (Å²) in [6, 6.07) is 20.0. The van der Waals surface area contributed by atoms with Gasteiger partial charge < -0.3 is 4.74 Å². The first-order valence-corrected chi connectivity index (χ1v) is 26.3. The van der Waals surface area contributed by atoms with Gasteiger partial charge in [0.05, 0.1) is 13.2 Å². The molecule has 0 saturated heterocycles. The summed E-state index contributed by atoms with van der Waals surface area (Å²) >= 11 is 0. The van der Waals surface area contributed by atoms with Gasteiger partial charge in [0.2, 0.25) is 0 Å². The minimum absolute atomic E-state index is 0.662. The zero-order valence-electron chi connectivity index (χ0n) is 39.0. The molecule has 0 aliphatic heterocycles. The van der Waals surface area contributed by atoms with E-state index in [0.717, 1.165) is 35.5 Å². The Hall–Kier alpha value is -2.12. The molecule has 59 heavy (non-hydrogen) atoms. The lowest BCUT2D eigenvalue weighted by Gasteiger charge is -2.31. The average molecular weight is 803 g/mol. The van der Waals surface area contributed by atoms with Gasteiger partial charge in [-0.15, -0.1) is 0 Å². The second-order valence-electron chi connectivity index (χ2n) is 20.5. The molecule has 328 valence electrons. The Morgan fingerprint density at radius 1 is 0.407 bits per heavy atom. The molecule has 6 rings (SSSR count). The molecule has 0 N–H and O–H groups in total. The Labute approximate surface area is 365 Å². The molecular weight excluding hydrogens is 713 g/mol. The van der Waals surface area contributed by atoms with Crippen LogP contribution in [-0.4, -0.2) is 13.2 Å². The van der Waals surface area contributed by atoms with Crippen LogP contribution in [0.1, 0.15) is 242 Å². The van der Waals surface area contributed by atoms with Crippen molar-refractivity contribution in [1.82, 2.24) is 0 Å². The lowest BCUT2D eigenvalue weighted by Crippen LogP contribution is -2.17. The summed E-state index contributed by atoms with van der Waals surface area (Å²) in [5.74, 6) is 6.64. The number of benzene rings is 2. The third-order valence-corrected chi connectivity index (χ3v) is 16.4. The Morgan fingerprint density at radius 3 is 1.08 bits per heavy atom. The van der Waals surface area contributed by atoms with E-state index in [9.17, 15) is 0 Å². The van der Waals surface area contributed by atoms with E-state index in [1.807, 2.05) is 0 Å². The van der Waals surface area contributed by atoms with Crippen LogP contribution in [0.3, 0.4) is 0 Å². The first-order valence-electron chi connectivity index (χ1n) is 26.3. The molecule has 1 heteroatoms. The van der Waals surface area contributed by atoms with Gasteiger partial charge in [0.15, 0.2) is 0 Å². The molecule has 2 aromatic carbocycles. The zero-order chi connectivity index (χ0) is 41.1. The van der Waals surface area contributed by atoms with Crippen molar-refractivity contribution >= 4 is 11.1 Å². The summed E-state index contributed by atoms with van der Waals surface area (Å²) in [7, 11) is 0. The molecule has 4 saturated carbocycles. The summed E-state index contributed by atoms with van der Waals surface area (Å²) in [5, 5.41) is 0. The van der Waals surface area contributed by atoms with Crippen molar-refractivity contribution in [2.45, 2.75) is 219 Å². The topological polar surface area (TPSA) is 9.23 Å². The van der Waals surface area contributed by atoms with Gasteiger partial charge in [0.25, 0.3) is 0 Å². The highest BCUT2D eigenvalue weighted by atomic mass is 16.5. The van der Waals surface area contributed by atoms with E-state index in [1.54, 1.807) is 22.3 Å². The van der Waals surface area contributed by atoms with Crippen LogP contribution in [0.15, 0.2) is 60.7 Å². The molecule has 0 spiro atoms. The Morgan fingerprint density at radius 2 is 0.746 bits per heavy atom. The maximum absolute atomic E-state index is 6.61. The number of hydrogen-bond donors (Lipinski definition) is 0. The van der Waals surface area contributed by atoms with Gasteiger partial charge in [0.1, 0.15) is 0 Å². The van der Waals surface area contributed by atoms with Crippen LogP contribution >= 0.6 is 0 Å². The smallest absolute Gasteiger partial charge is 0.0657 e. The maximum atomic E-state index is 6.61. The van der Waals surface area contributed by atoms with E-state index in [1.165, 1.54) is 191 Å². The standard InChI is InChI=1S/C58H90O/c1-5-9-11-15-47-17-25-49(26-18-47)51-33-37-55(38-34-51)57(53-29-21-45(13-7-3)22-30-53)41-43-59-44-42-58(54-31-23-46(14-8-4)24-32-54)56-39-35-52(36-40-56)50-27-19-48(20-28-50)16-12-10-6-2/h33-42,45-50,53-54H,5-32,43-44H2,1-4H3. The molecule has 0 aromatic heterocycles. The summed E-state index contributed by atoms with van der Waals surface area (Å²) in [5.41, 5.74) is 9.21. The van der Waals surface area contributed by atoms with Crippen LogP contribution < -0.4 is 0 Å². The van der Waals surface area contributed by atoms with E-state index in [4.69, 9.17) is 4.74 Å². The fourth-order valence-electron chi connectivity index (χ4n) is 12.6. The minimum atomic E-state index is 0.662. The molecule has 0 heterocycles. The normalized spacial score (nSPS) is 28.5. The van der Waals surface area contributed by atoms with Crippen molar-refractivity contribution in [2.24, 2.45) is 35.5 Å². The van der Waals surface area contributed by atoms with Crippen LogP contribution in [0, 0.1) is 35.5 Å².